The molecule has 0 saturated carbocycles. The number of hydrogen-bond donors (Lipinski definition) is 6. The summed E-state index contributed by atoms with van der Waals surface area (Å²) in [4.78, 5) is 8.56. The van der Waals surface area contributed by atoms with Crippen molar-refractivity contribution >= 4 is 27.0 Å². The minimum Gasteiger partial charge on any atom is -0.450 e. The normalized spacial score (nSPS) is 10.0. The zero-order chi connectivity index (χ0) is 12.6. The fourth-order valence-electron chi connectivity index (χ4n) is 0. The fraction of sp³-hybridized carbons (Fsp3) is 0. The van der Waals surface area contributed by atoms with Crippen LogP contribution in [0.3, 0.4) is 0 Å². The van der Waals surface area contributed by atoms with E-state index in [0.29, 0.717) is 0 Å². The second-order valence-corrected chi connectivity index (χ2v) is 2.97. The summed E-state index contributed by atoms with van der Waals surface area (Å²) in [5.41, 5.74) is 0. The molecule has 0 aromatic carbocycles. The molecule has 0 fully saturated rings. The fourth-order valence-corrected chi connectivity index (χ4v) is 0. The summed E-state index contributed by atoms with van der Waals surface area (Å²) in [7, 11) is -9.33. The topological polar surface area (TPSA) is 207 Å². The van der Waals surface area contributed by atoms with Gasteiger partial charge in [-0.25, -0.2) is 4.79 Å². The van der Waals surface area contributed by atoms with Gasteiger partial charge in [-0.2, -0.15) is 16.8 Å². The van der Waals surface area contributed by atoms with Gasteiger partial charge in [0.1, 0.15) is 0 Å². The summed E-state index contributed by atoms with van der Waals surface area (Å²) >= 11 is 0. The van der Waals surface area contributed by atoms with E-state index in [0.717, 1.165) is 0 Å². The van der Waals surface area contributed by atoms with Crippen molar-refractivity contribution in [1.29, 1.82) is 0 Å². The Labute approximate surface area is 77.8 Å². The first-order chi connectivity index (χ1) is 5.73. The van der Waals surface area contributed by atoms with E-state index in [4.69, 9.17) is 50.1 Å². The molecule has 13 heteroatoms. The molecule has 0 unspecified atom stereocenters. The minimum atomic E-state index is -4.67. The standard InChI is InChI=1S/CH2O3.2H2O4S/c2-1(3)4;2*1-5(2,3)4/h(H2,2,3,4);2*(H2,1,2,3,4). The average molecular weight is 258 g/mol. The number of hydrogen-bond acceptors (Lipinski definition) is 5. The molecule has 0 atom stereocenters. The van der Waals surface area contributed by atoms with Crippen LogP contribution in [0.1, 0.15) is 0 Å². The van der Waals surface area contributed by atoms with Crippen molar-refractivity contribution in [2.24, 2.45) is 0 Å². The van der Waals surface area contributed by atoms with Crippen molar-refractivity contribution in [3.05, 3.63) is 0 Å². The van der Waals surface area contributed by atoms with Crippen molar-refractivity contribution in [1.82, 2.24) is 0 Å². The second kappa shape index (κ2) is 7.42. The van der Waals surface area contributed by atoms with Crippen LogP contribution in [0.15, 0.2) is 0 Å². The molecule has 0 saturated heterocycles. The third-order valence-corrected chi connectivity index (χ3v) is 0. The Morgan fingerprint density at radius 2 is 0.714 bits per heavy atom. The van der Waals surface area contributed by atoms with Crippen LogP contribution in [0.2, 0.25) is 0 Å². The van der Waals surface area contributed by atoms with Crippen LogP contribution < -0.4 is 0 Å². The van der Waals surface area contributed by atoms with E-state index < -0.39 is 27.0 Å². The molecule has 14 heavy (non-hydrogen) atoms. The number of carboxylic acid groups (broad SMARTS) is 2. The van der Waals surface area contributed by atoms with Gasteiger partial charge in [0.05, 0.1) is 0 Å². The van der Waals surface area contributed by atoms with E-state index in [1.807, 2.05) is 0 Å². The van der Waals surface area contributed by atoms with Crippen LogP contribution in [-0.2, 0) is 20.8 Å². The number of rotatable bonds is 0. The lowest BCUT2D eigenvalue weighted by molar-refractivity contribution is 0.137. The lowest BCUT2D eigenvalue weighted by Gasteiger charge is -1.68. The zero-order valence-electron chi connectivity index (χ0n) is 6.04. The van der Waals surface area contributed by atoms with Gasteiger partial charge >= 0.3 is 27.0 Å². The first-order valence-corrected chi connectivity index (χ1v) is 4.84. The van der Waals surface area contributed by atoms with E-state index in [1.165, 1.54) is 0 Å². The highest BCUT2D eigenvalue weighted by molar-refractivity contribution is 7.80. The molecule has 6 N–H and O–H groups in total. The van der Waals surface area contributed by atoms with E-state index in [2.05, 4.69) is 0 Å². The van der Waals surface area contributed by atoms with Gasteiger partial charge in [0, 0.05) is 0 Å². The molecule has 0 rings (SSSR count). The van der Waals surface area contributed by atoms with E-state index in [1.54, 1.807) is 0 Å². The monoisotopic (exact) mass is 258 g/mol. The predicted molar refractivity (Wildman–Crippen MR) is 39.0 cm³/mol. The first-order valence-electron chi connectivity index (χ1n) is 2.05. The Kier molecular flexibility index (Phi) is 9.92. The van der Waals surface area contributed by atoms with Gasteiger partial charge in [-0.3, -0.25) is 18.2 Å². The third-order valence-electron chi connectivity index (χ3n) is 0. The Bertz CT molecular complexity index is 279. The summed E-state index contributed by atoms with van der Waals surface area (Å²) in [6.07, 6.45) is -1.83. The van der Waals surface area contributed by atoms with E-state index in [-0.39, 0.29) is 0 Å². The van der Waals surface area contributed by atoms with Crippen LogP contribution in [-0.4, -0.2) is 51.4 Å². The summed E-state index contributed by atoms with van der Waals surface area (Å²) in [6, 6.07) is 0. The maximum atomic E-state index is 8.74. The van der Waals surface area contributed by atoms with Crippen LogP contribution in [0.5, 0.6) is 0 Å². The van der Waals surface area contributed by atoms with Gasteiger partial charge in [0.25, 0.3) is 0 Å². The van der Waals surface area contributed by atoms with Crippen molar-refractivity contribution in [3.8, 4) is 0 Å². The second-order valence-electron chi connectivity index (χ2n) is 1.18. The van der Waals surface area contributed by atoms with E-state index in [9.17, 15) is 0 Å². The van der Waals surface area contributed by atoms with Crippen LogP contribution in [0.25, 0.3) is 0 Å². The smallest absolute Gasteiger partial charge is 0.450 e. The number of carbonyl (C=O) groups is 1. The molecule has 0 aliphatic carbocycles. The highest BCUT2D eigenvalue weighted by Gasteiger charge is 1.85. The van der Waals surface area contributed by atoms with Crippen molar-refractivity contribution in [2.45, 2.75) is 0 Å². The predicted octanol–water partition coefficient (Wildman–Crippen LogP) is -1.08. The van der Waals surface area contributed by atoms with Crippen LogP contribution in [0.4, 0.5) is 4.79 Å². The molecule has 0 radical (unpaired) electrons. The minimum absolute atomic E-state index is 1.83. The molecule has 0 aliphatic rings. The molecular weight excluding hydrogens is 252 g/mol. The van der Waals surface area contributed by atoms with Crippen molar-refractivity contribution < 1.29 is 50.1 Å². The third kappa shape index (κ3) is 1130. The van der Waals surface area contributed by atoms with Gasteiger partial charge in [-0.15, -0.1) is 0 Å². The molecule has 0 aliphatic heterocycles. The van der Waals surface area contributed by atoms with Gasteiger partial charge in [-0.05, 0) is 0 Å². The first kappa shape index (κ1) is 18.7. The summed E-state index contributed by atoms with van der Waals surface area (Å²) in [5.74, 6) is 0. The van der Waals surface area contributed by atoms with Crippen molar-refractivity contribution in [2.75, 3.05) is 0 Å². The van der Waals surface area contributed by atoms with Gasteiger partial charge in [0.2, 0.25) is 0 Å². The quantitative estimate of drug-likeness (QED) is 0.288. The molecular formula is CH6O11S2. The molecule has 88 valence electrons. The molecule has 0 bridgehead atoms. The van der Waals surface area contributed by atoms with Gasteiger partial charge in [-0.1, -0.05) is 0 Å². The molecule has 0 aromatic rings. The zero-order valence-corrected chi connectivity index (χ0v) is 7.67. The molecule has 0 amide bonds. The largest absolute Gasteiger partial charge is 0.503 e. The Morgan fingerprint density at radius 1 is 0.714 bits per heavy atom. The Morgan fingerprint density at radius 3 is 0.714 bits per heavy atom. The average Bonchev–Trinajstić information content (AvgIpc) is 1.45. The lowest BCUT2D eigenvalue weighted by atomic mass is 11.5. The van der Waals surface area contributed by atoms with Crippen molar-refractivity contribution in [3.63, 3.8) is 0 Å². The summed E-state index contributed by atoms with van der Waals surface area (Å²) in [6.45, 7) is 0. The molecule has 0 aromatic heterocycles. The van der Waals surface area contributed by atoms with Gasteiger partial charge < -0.3 is 10.2 Å². The Hall–Kier alpha value is -0.990. The van der Waals surface area contributed by atoms with Crippen LogP contribution in [0, 0.1) is 0 Å². The maximum Gasteiger partial charge on any atom is 0.503 e. The summed E-state index contributed by atoms with van der Waals surface area (Å²) < 4.78 is 63.2. The summed E-state index contributed by atoms with van der Waals surface area (Å²) in [5, 5.41) is 13.9. The highest BCUT2D eigenvalue weighted by Crippen LogP contribution is 1.59. The van der Waals surface area contributed by atoms with Gasteiger partial charge in [0.15, 0.2) is 0 Å². The van der Waals surface area contributed by atoms with Crippen LogP contribution >= 0.6 is 0 Å². The lowest BCUT2D eigenvalue weighted by Crippen LogP contribution is -1.89. The van der Waals surface area contributed by atoms with E-state index >= 15 is 0 Å². The molecule has 0 spiro atoms. The SMILES string of the molecule is O=C(O)O.O=S(=O)(O)O.O=S(=O)(O)O. The Balaban J connectivity index is -0.000000131. The molecule has 0 heterocycles. The highest BCUT2D eigenvalue weighted by atomic mass is 32.3. The molecule has 11 nitrogen and oxygen atoms in total. The maximum absolute atomic E-state index is 8.74.